The van der Waals surface area contributed by atoms with E-state index in [0.29, 0.717) is 24.9 Å². The number of rotatable bonds is 32. The molecule has 0 spiro atoms. The molecule has 0 N–H and O–H groups in total. The Hall–Kier alpha value is -2.14. The summed E-state index contributed by atoms with van der Waals surface area (Å²) in [4.78, 5) is 11.9. The Labute approximate surface area is 479 Å². The van der Waals surface area contributed by atoms with Crippen LogP contribution in [0.5, 0.6) is 5.75 Å². The van der Waals surface area contributed by atoms with Gasteiger partial charge in [0.15, 0.2) is 33.3 Å². The van der Waals surface area contributed by atoms with Gasteiger partial charge in [-0.2, -0.15) is 0 Å². The summed E-state index contributed by atoms with van der Waals surface area (Å²) < 4.78 is 47.1. The second-order valence-corrected chi connectivity index (χ2v) is 48.1. The first-order valence-electron chi connectivity index (χ1n) is 29.3. The van der Waals surface area contributed by atoms with E-state index in [4.69, 9.17) is 31.9 Å². The van der Waals surface area contributed by atoms with Crippen LogP contribution in [-0.4, -0.2) is 84.0 Å². The summed E-state index contributed by atoms with van der Waals surface area (Å²) in [5, 5.41) is 0.146. The molecule has 0 fully saturated rings. The summed E-state index contributed by atoms with van der Waals surface area (Å²) in [6.45, 7) is 65.4. The molecule has 0 radical (unpaired) electrons. The molecule has 77 heavy (non-hydrogen) atoms. The minimum Gasteiger partial charge on any atom is -0.497 e. The van der Waals surface area contributed by atoms with Crippen LogP contribution < -0.4 is 4.74 Å². The van der Waals surface area contributed by atoms with E-state index in [1.807, 2.05) is 30.4 Å². The zero-order valence-electron chi connectivity index (χ0n) is 54.9. The van der Waals surface area contributed by atoms with Gasteiger partial charge in [0.2, 0.25) is 0 Å². The molecule has 0 aromatic heterocycles. The summed E-state index contributed by atoms with van der Waals surface area (Å²) in [5.74, 6) is 1.66. The number of ether oxygens (including phenoxy) is 3. The minimum absolute atomic E-state index is 0.0114. The SMILES string of the molecule is C=C/C=C\[C@H](C)[C@H](OCc1ccc(OC)cc1)[C@@H](C)[C@@H](CC[C@H](C)C[C@@H](C)[C@@H](O[Si](C)(C)C(C)(C)C)[C@@H](C)/C=C\[C@H](C[C@H](O[Si](C)(C)C(C)(C)C)[C@@H](C)/C=C/C=C\C(=O)OC)O[Si](C)(C)C(C)(C)C)O[Si](C)(C)C(C)(C)C. The Morgan fingerprint density at radius 1 is 0.545 bits per heavy atom. The molecule has 0 heterocycles. The lowest BCUT2D eigenvalue weighted by Gasteiger charge is -2.44. The van der Waals surface area contributed by atoms with Gasteiger partial charge in [0.05, 0.1) is 51.3 Å². The third kappa shape index (κ3) is 24.1. The lowest BCUT2D eigenvalue weighted by molar-refractivity contribution is -0.134. The summed E-state index contributed by atoms with van der Waals surface area (Å²) in [5.41, 5.74) is 1.12. The van der Waals surface area contributed by atoms with E-state index in [0.717, 1.165) is 30.6 Å². The number of methoxy groups -OCH3 is 2. The zero-order valence-corrected chi connectivity index (χ0v) is 58.9. The molecular weight excluding hydrogens is 1020 g/mol. The molecule has 0 saturated carbocycles. The Kier molecular flexibility index (Phi) is 29.1. The summed E-state index contributed by atoms with van der Waals surface area (Å²) in [6, 6.07) is 8.20. The van der Waals surface area contributed by atoms with Crippen molar-refractivity contribution in [3.05, 3.63) is 91.1 Å². The van der Waals surface area contributed by atoms with Gasteiger partial charge in [0.25, 0.3) is 0 Å². The Morgan fingerprint density at radius 3 is 1.49 bits per heavy atom. The maximum absolute atomic E-state index is 11.9. The van der Waals surface area contributed by atoms with Gasteiger partial charge in [0, 0.05) is 24.3 Å². The Morgan fingerprint density at radius 2 is 1.01 bits per heavy atom. The molecule has 0 bridgehead atoms. The molecule has 0 unspecified atom stereocenters. The number of hydrogen-bond acceptors (Lipinski definition) is 8. The molecular formula is C65H120O8Si4. The Bertz CT molecular complexity index is 2010. The van der Waals surface area contributed by atoms with Crippen molar-refractivity contribution in [3.63, 3.8) is 0 Å². The van der Waals surface area contributed by atoms with E-state index in [9.17, 15) is 4.79 Å². The highest BCUT2D eigenvalue weighted by molar-refractivity contribution is 6.75. The maximum Gasteiger partial charge on any atom is 0.330 e. The van der Waals surface area contributed by atoms with E-state index in [1.54, 1.807) is 13.2 Å². The van der Waals surface area contributed by atoms with E-state index >= 15 is 0 Å². The van der Waals surface area contributed by atoms with Crippen molar-refractivity contribution < 1.29 is 36.7 Å². The summed E-state index contributed by atoms with van der Waals surface area (Å²) in [7, 11) is -5.73. The average Bonchev–Trinajstić information content (AvgIpc) is 3.29. The van der Waals surface area contributed by atoms with Crippen molar-refractivity contribution in [1.82, 2.24) is 0 Å². The van der Waals surface area contributed by atoms with E-state index in [-0.39, 0.29) is 80.3 Å². The van der Waals surface area contributed by atoms with Gasteiger partial charge in [0.1, 0.15) is 5.75 Å². The number of benzene rings is 1. The summed E-state index contributed by atoms with van der Waals surface area (Å²) in [6.07, 6.45) is 21.6. The fraction of sp³-hybridized carbons (Fsp3) is 0.738. The molecule has 0 aliphatic heterocycles. The number of hydrogen-bond donors (Lipinski definition) is 0. The second kappa shape index (κ2) is 30.8. The zero-order chi connectivity index (χ0) is 59.8. The topological polar surface area (TPSA) is 81.7 Å². The smallest absolute Gasteiger partial charge is 0.330 e. The lowest BCUT2D eigenvalue weighted by atomic mass is 9.82. The van der Waals surface area contributed by atoms with Crippen LogP contribution in [-0.2, 0) is 38.6 Å². The van der Waals surface area contributed by atoms with Crippen LogP contribution in [0, 0.1) is 35.5 Å². The predicted molar refractivity (Wildman–Crippen MR) is 342 cm³/mol. The van der Waals surface area contributed by atoms with Crippen molar-refractivity contribution in [1.29, 1.82) is 0 Å². The highest BCUT2D eigenvalue weighted by atomic mass is 28.4. The van der Waals surface area contributed by atoms with E-state index in [2.05, 4.69) is 220 Å². The van der Waals surface area contributed by atoms with Crippen LogP contribution in [0.4, 0.5) is 0 Å². The highest BCUT2D eigenvalue weighted by Gasteiger charge is 2.45. The van der Waals surface area contributed by atoms with Gasteiger partial charge in [-0.25, -0.2) is 4.79 Å². The molecule has 0 aliphatic rings. The molecule has 1 aromatic rings. The molecule has 444 valence electrons. The maximum atomic E-state index is 11.9. The van der Waals surface area contributed by atoms with Crippen LogP contribution in [0.3, 0.4) is 0 Å². The molecule has 12 heteroatoms. The monoisotopic (exact) mass is 1140 g/mol. The molecule has 1 aromatic carbocycles. The molecule has 0 saturated heterocycles. The second-order valence-electron chi connectivity index (χ2n) is 29.1. The molecule has 0 aliphatic carbocycles. The number of esters is 1. The van der Waals surface area contributed by atoms with Crippen molar-refractivity contribution >= 4 is 39.2 Å². The van der Waals surface area contributed by atoms with E-state index in [1.165, 1.54) is 13.2 Å². The van der Waals surface area contributed by atoms with Crippen LogP contribution in [0.1, 0.15) is 156 Å². The van der Waals surface area contributed by atoms with Gasteiger partial charge < -0.3 is 31.9 Å². The average molecular weight is 1140 g/mol. The number of allylic oxidation sites excluding steroid dienone is 4. The minimum atomic E-state index is -2.24. The standard InChI is InChI=1S/C65H120O8Si4/c1-30-31-34-50(4)61(69-47-54-39-42-55(67-20)43-40-54)53(7)57(71-75(24,25)63(11,12)13)44-37-48(2)45-52(6)60(73-77(28,29)65(17,18)19)51(5)38-41-56(70-74(22,23)62(8,9)10)46-58(72-76(26,27)64(14,15)16)49(3)35-32-33-36-59(66)68-21/h30-36,38-43,48-53,56-58,60-61H,1,37,44-47H2,2-29H3/b34-31-,35-32+,36-33-,41-38-/t48-,49-,50-,51-,52+,53-,56+,57+,58-,60-,61-/m0/s1. The van der Waals surface area contributed by atoms with Gasteiger partial charge in [-0.3, -0.25) is 0 Å². The van der Waals surface area contributed by atoms with Crippen molar-refractivity contribution in [2.24, 2.45) is 35.5 Å². The molecule has 1 rings (SSSR count). The van der Waals surface area contributed by atoms with Crippen LogP contribution in [0.15, 0.2) is 85.5 Å². The van der Waals surface area contributed by atoms with Crippen molar-refractivity contribution in [3.8, 4) is 5.75 Å². The van der Waals surface area contributed by atoms with Gasteiger partial charge in [-0.05, 0) is 133 Å². The molecule has 8 nitrogen and oxygen atoms in total. The number of carbonyl (C=O) groups excluding carboxylic acids is 1. The molecule has 0 amide bonds. The van der Waals surface area contributed by atoms with Crippen molar-refractivity contribution in [2.75, 3.05) is 14.2 Å². The van der Waals surface area contributed by atoms with Crippen molar-refractivity contribution in [2.45, 2.75) is 260 Å². The van der Waals surface area contributed by atoms with Gasteiger partial charge in [-0.15, -0.1) is 0 Å². The third-order valence-electron chi connectivity index (χ3n) is 18.2. The Balaban J connectivity index is 3.84. The quantitative estimate of drug-likeness (QED) is 0.0232. The third-order valence-corrected chi connectivity index (χ3v) is 36.2. The van der Waals surface area contributed by atoms with E-state index < -0.39 is 33.3 Å². The lowest BCUT2D eigenvalue weighted by Crippen LogP contribution is -2.48. The van der Waals surface area contributed by atoms with Crippen LogP contribution >= 0.6 is 0 Å². The normalized spacial score (nSPS) is 18.5. The fourth-order valence-corrected chi connectivity index (χ4v) is 14.3. The van der Waals surface area contributed by atoms with Gasteiger partial charge in [-0.1, -0.05) is 192 Å². The largest absolute Gasteiger partial charge is 0.497 e. The first-order chi connectivity index (χ1) is 35.0. The first-order valence-corrected chi connectivity index (χ1v) is 41.0. The molecule has 11 atom stereocenters. The summed E-state index contributed by atoms with van der Waals surface area (Å²) >= 11 is 0. The fourth-order valence-electron chi connectivity index (χ4n) is 8.70. The van der Waals surface area contributed by atoms with Gasteiger partial charge >= 0.3 is 5.97 Å². The highest BCUT2D eigenvalue weighted by Crippen LogP contribution is 2.44. The first kappa shape index (κ1) is 72.9. The predicted octanol–water partition coefficient (Wildman–Crippen LogP) is 19.1. The van der Waals surface area contributed by atoms with Crippen LogP contribution in [0.2, 0.25) is 72.5 Å². The number of carbonyl (C=O) groups is 1. The van der Waals surface area contributed by atoms with Crippen LogP contribution in [0.25, 0.3) is 0 Å².